The Balaban J connectivity index is 2.23. The second-order valence-corrected chi connectivity index (χ2v) is 4.74. The van der Waals surface area contributed by atoms with Crippen LogP contribution < -0.4 is 4.74 Å². The van der Waals surface area contributed by atoms with Gasteiger partial charge in [-0.1, -0.05) is 15.9 Å². The predicted octanol–water partition coefficient (Wildman–Crippen LogP) is 3.75. The first-order chi connectivity index (χ1) is 9.20. The SMILES string of the molecule is COc1ccc(Br)cc1/C=C/C(=O)c1cccnc1. The quantitative estimate of drug-likeness (QED) is 0.637. The van der Waals surface area contributed by atoms with Crippen LogP contribution in [0.1, 0.15) is 15.9 Å². The van der Waals surface area contributed by atoms with E-state index in [-0.39, 0.29) is 5.78 Å². The van der Waals surface area contributed by atoms with Crippen LogP contribution in [0.5, 0.6) is 5.75 Å². The molecule has 1 aromatic carbocycles. The molecule has 1 heterocycles. The van der Waals surface area contributed by atoms with Crippen molar-refractivity contribution in [2.24, 2.45) is 0 Å². The third kappa shape index (κ3) is 3.51. The van der Waals surface area contributed by atoms with E-state index in [9.17, 15) is 4.79 Å². The monoisotopic (exact) mass is 317 g/mol. The Hall–Kier alpha value is -1.94. The lowest BCUT2D eigenvalue weighted by atomic mass is 10.1. The van der Waals surface area contributed by atoms with Crippen molar-refractivity contribution in [3.05, 3.63) is 64.4 Å². The van der Waals surface area contributed by atoms with E-state index in [4.69, 9.17) is 4.74 Å². The fourth-order valence-corrected chi connectivity index (χ4v) is 1.98. The molecule has 0 spiro atoms. The largest absolute Gasteiger partial charge is 0.496 e. The molecule has 2 rings (SSSR count). The molecule has 96 valence electrons. The lowest BCUT2D eigenvalue weighted by Gasteiger charge is -2.04. The molecular weight excluding hydrogens is 306 g/mol. The van der Waals surface area contributed by atoms with E-state index in [0.717, 1.165) is 15.8 Å². The molecule has 0 amide bonds. The van der Waals surface area contributed by atoms with Crippen LogP contribution in [0.4, 0.5) is 0 Å². The van der Waals surface area contributed by atoms with Gasteiger partial charge in [-0.15, -0.1) is 0 Å². The Morgan fingerprint density at radius 3 is 2.89 bits per heavy atom. The highest BCUT2D eigenvalue weighted by molar-refractivity contribution is 9.10. The fourth-order valence-electron chi connectivity index (χ4n) is 1.61. The van der Waals surface area contributed by atoms with Gasteiger partial charge in [-0.25, -0.2) is 0 Å². The van der Waals surface area contributed by atoms with Crippen LogP contribution >= 0.6 is 15.9 Å². The average Bonchev–Trinajstić information content (AvgIpc) is 2.46. The maximum atomic E-state index is 11.9. The van der Waals surface area contributed by atoms with Gasteiger partial charge < -0.3 is 4.74 Å². The van der Waals surface area contributed by atoms with Gasteiger partial charge in [0.1, 0.15) is 5.75 Å². The van der Waals surface area contributed by atoms with Crippen molar-refractivity contribution in [3.63, 3.8) is 0 Å². The molecule has 4 heteroatoms. The van der Waals surface area contributed by atoms with Crippen molar-refractivity contribution >= 4 is 27.8 Å². The topological polar surface area (TPSA) is 39.2 Å². The van der Waals surface area contributed by atoms with Gasteiger partial charge in [0.25, 0.3) is 0 Å². The third-order valence-electron chi connectivity index (χ3n) is 2.55. The molecule has 0 aliphatic heterocycles. The highest BCUT2D eigenvalue weighted by Crippen LogP contribution is 2.24. The van der Waals surface area contributed by atoms with E-state index in [1.54, 1.807) is 37.7 Å². The molecule has 0 atom stereocenters. The average molecular weight is 318 g/mol. The van der Waals surface area contributed by atoms with E-state index < -0.39 is 0 Å². The van der Waals surface area contributed by atoms with Crippen LogP contribution in [-0.4, -0.2) is 17.9 Å². The molecular formula is C15H12BrNO2. The summed E-state index contributed by atoms with van der Waals surface area (Å²) in [5, 5.41) is 0. The van der Waals surface area contributed by atoms with Gasteiger partial charge in [0.05, 0.1) is 7.11 Å². The number of benzene rings is 1. The highest BCUT2D eigenvalue weighted by atomic mass is 79.9. The van der Waals surface area contributed by atoms with Crippen LogP contribution in [0.2, 0.25) is 0 Å². The van der Waals surface area contributed by atoms with E-state index in [1.165, 1.54) is 6.08 Å². The number of hydrogen-bond donors (Lipinski definition) is 0. The minimum Gasteiger partial charge on any atom is -0.496 e. The number of nitrogens with zero attached hydrogens (tertiary/aromatic N) is 1. The molecule has 0 saturated heterocycles. The lowest BCUT2D eigenvalue weighted by molar-refractivity contribution is 0.104. The summed E-state index contributed by atoms with van der Waals surface area (Å²) in [4.78, 5) is 15.8. The standard InChI is InChI=1S/C15H12BrNO2/c1-19-15-7-5-13(16)9-11(15)4-6-14(18)12-3-2-8-17-10-12/h2-10H,1H3/b6-4+. The second kappa shape index (κ2) is 6.29. The molecule has 0 bridgehead atoms. The lowest BCUT2D eigenvalue weighted by Crippen LogP contribution is -1.94. The summed E-state index contributed by atoms with van der Waals surface area (Å²) in [6.45, 7) is 0. The fraction of sp³-hybridized carbons (Fsp3) is 0.0667. The Kier molecular flexibility index (Phi) is 4.47. The zero-order valence-corrected chi connectivity index (χ0v) is 11.9. The van der Waals surface area contributed by atoms with E-state index in [0.29, 0.717) is 5.56 Å². The maximum absolute atomic E-state index is 11.9. The highest BCUT2D eigenvalue weighted by Gasteiger charge is 2.03. The molecule has 0 N–H and O–H groups in total. The minimum atomic E-state index is -0.0878. The summed E-state index contributed by atoms with van der Waals surface area (Å²) >= 11 is 3.39. The van der Waals surface area contributed by atoms with Crippen LogP contribution in [0.15, 0.2) is 53.3 Å². The molecule has 0 fully saturated rings. The van der Waals surface area contributed by atoms with E-state index >= 15 is 0 Å². The molecule has 0 aliphatic carbocycles. The first-order valence-corrected chi connectivity index (χ1v) is 6.46. The van der Waals surface area contributed by atoms with Crippen molar-refractivity contribution in [1.82, 2.24) is 4.98 Å². The molecule has 19 heavy (non-hydrogen) atoms. The third-order valence-corrected chi connectivity index (χ3v) is 3.05. The van der Waals surface area contributed by atoms with Crippen LogP contribution in [-0.2, 0) is 0 Å². The molecule has 0 aliphatic rings. The number of methoxy groups -OCH3 is 1. The summed E-state index contributed by atoms with van der Waals surface area (Å²) in [6.07, 6.45) is 6.43. The number of halogens is 1. The molecule has 0 radical (unpaired) electrons. The molecule has 0 saturated carbocycles. The molecule has 0 unspecified atom stereocenters. The number of hydrogen-bond acceptors (Lipinski definition) is 3. The van der Waals surface area contributed by atoms with Crippen LogP contribution in [0, 0.1) is 0 Å². The first-order valence-electron chi connectivity index (χ1n) is 5.66. The van der Waals surface area contributed by atoms with Crippen molar-refractivity contribution < 1.29 is 9.53 Å². The Bertz CT molecular complexity index is 609. The Morgan fingerprint density at radius 1 is 1.37 bits per heavy atom. The van der Waals surface area contributed by atoms with Crippen molar-refractivity contribution in [1.29, 1.82) is 0 Å². The summed E-state index contributed by atoms with van der Waals surface area (Å²) < 4.78 is 6.17. The minimum absolute atomic E-state index is 0.0878. The van der Waals surface area contributed by atoms with E-state index in [1.807, 2.05) is 18.2 Å². The van der Waals surface area contributed by atoms with Crippen LogP contribution in [0.25, 0.3) is 6.08 Å². The number of ether oxygens (including phenoxy) is 1. The number of carbonyl (C=O) groups is 1. The normalized spacial score (nSPS) is 10.6. The number of carbonyl (C=O) groups excluding carboxylic acids is 1. The predicted molar refractivity (Wildman–Crippen MR) is 78.3 cm³/mol. The number of pyridine rings is 1. The number of allylic oxidation sites excluding steroid dienone is 1. The number of rotatable bonds is 4. The first kappa shape index (κ1) is 13.5. The van der Waals surface area contributed by atoms with Gasteiger partial charge in [-0.05, 0) is 42.5 Å². The smallest absolute Gasteiger partial charge is 0.187 e. The summed E-state index contributed by atoms with van der Waals surface area (Å²) in [7, 11) is 1.60. The van der Waals surface area contributed by atoms with Crippen molar-refractivity contribution in [2.75, 3.05) is 7.11 Å². The zero-order chi connectivity index (χ0) is 13.7. The molecule has 3 nitrogen and oxygen atoms in total. The van der Waals surface area contributed by atoms with Gasteiger partial charge in [0, 0.05) is 28.0 Å². The van der Waals surface area contributed by atoms with Gasteiger partial charge in [-0.2, -0.15) is 0 Å². The molecule has 1 aromatic heterocycles. The Morgan fingerprint density at radius 2 is 2.21 bits per heavy atom. The van der Waals surface area contributed by atoms with Gasteiger partial charge in [0.2, 0.25) is 0 Å². The summed E-state index contributed by atoms with van der Waals surface area (Å²) in [6, 6.07) is 9.10. The van der Waals surface area contributed by atoms with E-state index in [2.05, 4.69) is 20.9 Å². The van der Waals surface area contributed by atoms with Crippen molar-refractivity contribution in [3.8, 4) is 5.75 Å². The van der Waals surface area contributed by atoms with Crippen LogP contribution in [0.3, 0.4) is 0 Å². The van der Waals surface area contributed by atoms with Gasteiger partial charge in [0.15, 0.2) is 5.78 Å². The zero-order valence-electron chi connectivity index (χ0n) is 10.3. The molecule has 2 aromatic rings. The van der Waals surface area contributed by atoms with Crippen molar-refractivity contribution in [2.45, 2.75) is 0 Å². The Labute approximate surface area is 120 Å². The summed E-state index contributed by atoms with van der Waals surface area (Å²) in [5.41, 5.74) is 1.40. The summed E-state index contributed by atoms with van der Waals surface area (Å²) in [5.74, 6) is 0.633. The maximum Gasteiger partial charge on any atom is 0.187 e. The van der Waals surface area contributed by atoms with Gasteiger partial charge >= 0.3 is 0 Å². The van der Waals surface area contributed by atoms with Gasteiger partial charge in [-0.3, -0.25) is 9.78 Å². The number of ketones is 1. The second-order valence-electron chi connectivity index (χ2n) is 3.83. The number of aromatic nitrogens is 1.